The van der Waals surface area contributed by atoms with E-state index in [1.54, 1.807) is 23.5 Å². The Morgan fingerprint density at radius 1 is 1.50 bits per heavy atom. The summed E-state index contributed by atoms with van der Waals surface area (Å²) in [5, 5.41) is 2.86. The molecule has 0 aromatic carbocycles. The summed E-state index contributed by atoms with van der Waals surface area (Å²) in [6.07, 6.45) is 4.31. The van der Waals surface area contributed by atoms with Gasteiger partial charge in [-0.3, -0.25) is 0 Å². The highest BCUT2D eigenvalue weighted by molar-refractivity contribution is 7.89. The van der Waals surface area contributed by atoms with E-state index in [0.717, 1.165) is 19.3 Å². The van der Waals surface area contributed by atoms with Gasteiger partial charge in [0, 0.05) is 31.9 Å². The number of aromatic nitrogens is 1. The molecule has 0 unspecified atom stereocenters. The Bertz CT molecular complexity index is 512. The van der Waals surface area contributed by atoms with Crippen molar-refractivity contribution >= 4 is 15.8 Å². The monoisotopic (exact) mass is 269 g/mol. The third-order valence-corrected chi connectivity index (χ3v) is 4.94. The molecule has 1 aliphatic rings. The number of rotatable bonds is 6. The summed E-state index contributed by atoms with van der Waals surface area (Å²) >= 11 is 0. The van der Waals surface area contributed by atoms with Gasteiger partial charge < -0.3 is 5.32 Å². The molecule has 1 saturated carbocycles. The average molecular weight is 269 g/mol. The molecule has 6 heteroatoms. The number of pyridine rings is 1. The Morgan fingerprint density at radius 2 is 2.22 bits per heavy atom. The van der Waals surface area contributed by atoms with E-state index < -0.39 is 10.0 Å². The summed E-state index contributed by atoms with van der Waals surface area (Å²) in [7, 11) is -1.65. The second-order valence-corrected chi connectivity index (χ2v) is 6.36. The maximum Gasteiger partial charge on any atom is 0.243 e. The van der Waals surface area contributed by atoms with Crippen molar-refractivity contribution in [3.63, 3.8) is 0 Å². The van der Waals surface area contributed by atoms with E-state index in [-0.39, 0.29) is 6.04 Å². The number of hydrogen-bond acceptors (Lipinski definition) is 4. The smallest absolute Gasteiger partial charge is 0.243 e. The minimum absolute atomic E-state index is 0.196. The summed E-state index contributed by atoms with van der Waals surface area (Å²) in [6, 6.07) is 3.34. The first kappa shape index (κ1) is 13.3. The maximum atomic E-state index is 12.5. The van der Waals surface area contributed by atoms with Crippen molar-refractivity contribution in [2.75, 3.05) is 18.9 Å². The number of hydrogen-bond donors (Lipinski definition) is 1. The predicted octanol–water partition coefficient (Wildman–Crippen LogP) is 1.69. The van der Waals surface area contributed by atoms with Crippen molar-refractivity contribution in [3.05, 3.63) is 18.3 Å². The molecule has 0 amide bonds. The molecule has 1 aromatic heterocycles. The minimum Gasteiger partial charge on any atom is -0.373 e. The van der Waals surface area contributed by atoms with Crippen LogP contribution in [0.5, 0.6) is 0 Å². The summed E-state index contributed by atoms with van der Waals surface area (Å²) < 4.78 is 26.7. The highest BCUT2D eigenvalue weighted by atomic mass is 32.2. The lowest BCUT2D eigenvalue weighted by Gasteiger charge is -2.21. The highest BCUT2D eigenvalue weighted by Gasteiger charge is 2.37. The molecule has 0 radical (unpaired) electrons. The zero-order chi connectivity index (χ0) is 13.2. The summed E-state index contributed by atoms with van der Waals surface area (Å²) in [5.74, 6) is 0.573. The molecule has 1 aliphatic carbocycles. The zero-order valence-electron chi connectivity index (χ0n) is 10.8. The molecule has 5 nitrogen and oxygen atoms in total. The summed E-state index contributed by atoms with van der Waals surface area (Å²) in [5.41, 5.74) is 0. The first-order valence-electron chi connectivity index (χ1n) is 6.25. The van der Waals surface area contributed by atoms with Crippen molar-refractivity contribution in [2.24, 2.45) is 0 Å². The van der Waals surface area contributed by atoms with Gasteiger partial charge in [0.1, 0.15) is 5.82 Å². The molecule has 1 fully saturated rings. The van der Waals surface area contributed by atoms with E-state index >= 15 is 0 Å². The van der Waals surface area contributed by atoms with Crippen molar-refractivity contribution in [3.8, 4) is 0 Å². The SMILES string of the molecule is CCCN(C1CC1)S(=O)(=O)c1ccnc(NC)c1. The van der Waals surface area contributed by atoms with Crippen LogP contribution in [0.15, 0.2) is 23.2 Å². The second kappa shape index (κ2) is 5.24. The van der Waals surface area contributed by atoms with Crippen molar-refractivity contribution in [1.29, 1.82) is 0 Å². The predicted molar refractivity (Wildman–Crippen MR) is 71.0 cm³/mol. The zero-order valence-corrected chi connectivity index (χ0v) is 11.6. The molecule has 2 rings (SSSR count). The third kappa shape index (κ3) is 2.64. The molecule has 1 aromatic rings. The van der Waals surface area contributed by atoms with E-state index in [4.69, 9.17) is 0 Å². The van der Waals surface area contributed by atoms with Gasteiger partial charge >= 0.3 is 0 Å². The summed E-state index contributed by atoms with van der Waals surface area (Å²) in [6.45, 7) is 2.58. The van der Waals surface area contributed by atoms with Crippen LogP contribution in [0.3, 0.4) is 0 Å². The standard InChI is InChI=1S/C12H19N3O2S/c1-3-8-15(10-4-5-10)18(16,17)11-6-7-14-12(9-11)13-2/h6-7,9-10H,3-5,8H2,1-2H3,(H,13,14). The Morgan fingerprint density at radius 3 is 2.78 bits per heavy atom. The van der Waals surface area contributed by atoms with E-state index in [0.29, 0.717) is 17.3 Å². The lowest BCUT2D eigenvalue weighted by Crippen LogP contribution is -2.33. The first-order chi connectivity index (χ1) is 8.59. The molecule has 18 heavy (non-hydrogen) atoms. The molecule has 100 valence electrons. The van der Waals surface area contributed by atoms with Gasteiger partial charge in [-0.25, -0.2) is 13.4 Å². The van der Waals surface area contributed by atoms with Crippen LogP contribution < -0.4 is 5.32 Å². The lowest BCUT2D eigenvalue weighted by molar-refractivity contribution is 0.403. The number of anilines is 1. The Hall–Kier alpha value is -1.14. The fourth-order valence-corrected chi connectivity index (χ4v) is 3.72. The Labute approximate surface area is 108 Å². The van der Waals surface area contributed by atoms with Crippen molar-refractivity contribution < 1.29 is 8.42 Å². The normalized spacial score (nSPS) is 15.9. The largest absolute Gasteiger partial charge is 0.373 e. The number of nitrogens with zero attached hydrogens (tertiary/aromatic N) is 2. The molecular weight excluding hydrogens is 250 g/mol. The van der Waals surface area contributed by atoms with Crippen molar-refractivity contribution in [1.82, 2.24) is 9.29 Å². The van der Waals surface area contributed by atoms with Crippen LogP contribution in [0.4, 0.5) is 5.82 Å². The van der Waals surface area contributed by atoms with Crippen LogP contribution in [-0.2, 0) is 10.0 Å². The second-order valence-electron chi connectivity index (χ2n) is 4.47. The molecule has 1 heterocycles. The van der Waals surface area contributed by atoms with Gasteiger partial charge in [0.2, 0.25) is 10.0 Å². The van der Waals surface area contributed by atoms with Crippen LogP contribution in [0, 0.1) is 0 Å². The van der Waals surface area contributed by atoms with E-state index in [2.05, 4.69) is 10.3 Å². The maximum absolute atomic E-state index is 12.5. The number of nitrogens with one attached hydrogen (secondary N) is 1. The van der Waals surface area contributed by atoms with Gasteiger partial charge in [-0.1, -0.05) is 6.92 Å². The third-order valence-electron chi connectivity index (χ3n) is 2.99. The van der Waals surface area contributed by atoms with Crippen molar-refractivity contribution in [2.45, 2.75) is 37.1 Å². The Balaban J connectivity index is 2.32. The molecule has 0 spiro atoms. The van der Waals surface area contributed by atoms with Crippen LogP contribution in [-0.4, -0.2) is 37.3 Å². The van der Waals surface area contributed by atoms with Gasteiger partial charge in [0.25, 0.3) is 0 Å². The first-order valence-corrected chi connectivity index (χ1v) is 7.69. The van der Waals surface area contributed by atoms with Gasteiger partial charge in [0.15, 0.2) is 0 Å². The topological polar surface area (TPSA) is 62.3 Å². The fourth-order valence-electron chi connectivity index (χ4n) is 1.93. The average Bonchev–Trinajstić information content (AvgIpc) is 3.20. The van der Waals surface area contributed by atoms with Crippen LogP contribution in [0.25, 0.3) is 0 Å². The van der Waals surface area contributed by atoms with E-state index in [1.165, 1.54) is 6.20 Å². The molecule has 0 bridgehead atoms. The quantitative estimate of drug-likeness (QED) is 0.853. The Kier molecular flexibility index (Phi) is 3.87. The van der Waals surface area contributed by atoms with Gasteiger partial charge in [-0.05, 0) is 25.3 Å². The molecular formula is C12H19N3O2S. The van der Waals surface area contributed by atoms with Gasteiger partial charge in [-0.2, -0.15) is 4.31 Å². The van der Waals surface area contributed by atoms with Crippen LogP contribution in [0.2, 0.25) is 0 Å². The molecule has 0 atom stereocenters. The molecule has 0 saturated heterocycles. The molecule has 0 aliphatic heterocycles. The number of sulfonamides is 1. The molecule has 1 N–H and O–H groups in total. The van der Waals surface area contributed by atoms with Gasteiger partial charge in [-0.15, -0.1) is 0 Å². The minimum atomic E-state index is -3.38. The van der Waals surface area contributed by atoms with E-state index in [9.17, 15) is 8.42 Å². The van der Waals surface area contributed by atoms with Crippen LogP contribution in [0.1, 0.15) is 26.2 Å². The highest BCUT2D eigenvalue weighted by Crippen LogP contribution is 2.32. The van der Waals surface area contributed by atoms with E-state index in [1.807, 2.05) is 6.92 Å². The fraction of sp³-hybridized carbons (Fsp3) is 0.583. The lowest BCUT2D eigenvalue weighted by atomic mass is 10.4. The van der Waals surface area contributed by atoms with Gasteiger partial charge in [0.05, 0.1) is 4.90 Å². The summed E-state index contributed by atoms with van der Waals surface area (Å²) in [4.78, 5) is 4.36. The van der Waals surface area contributed by atoms with Crippen LogP contribution >= 0.6 is 0 Å².